The first-order valence-electron chi connectivity index (χ1n) is 8.42. The second-order valence-corrected chi connectivity index (χ2v) is 6.33. The SMILES string of the molecule is COc1ccc(NC(=O)N2CCc3c(c4ccccc4n3C)C2)cc1. The Bertz CT molecular complexity index is 928. The van der Waals surface area contributed by atoms with Crippen LogP contribution in [0.25, 0.3) is 10.9 Å². The monoisotopic (exact) mass is 335 g/mol. The lowest BCUT2D eigenvalue weighted by molar-refractivity contribution is 0.206. The molecular formula is C20H21N3O2. The van der Waals surface area contributed by atoms with Gasteiger partial charge in [0.05, 0.1) is 7.11 Å². The first kappa shape index (κ1) is 15.6. The Labute approximate surface area is 146 Å². The minimum absolute atomic E-state index is 0.0660. The number of nitrogens with one attached hydrogen (secondary N) is 1. The lowest BCUT2D eigenvalue weighted by Gasteiger charge is -2.28. The third kappa shape index (κ3) is 2.71. The van der Waals surface area contributed by atoms with Crippen LogP contribution >= 0.6 is 0 Å². The number of ether oxygens (including phenoxy) is 1. The van der Waals surface area contributed by atoms with Gasteiger partial charge in [0.15, 0.2) is 0 Å². The Hall–Kier alpha value is -2.95. The number of amides is 2. The zero-order valence-electron chi connectivity index (χ0n) is 14.5. The lowest BCUT2D eigenvalue weighted by Crippen LogP contribution is -2.39. The highest BCUT2D eigenvalue weighted by Crippen LogP contribution is 2.30. The average molecular weight is 335 g/mol. The van der Waals surface area contributed by atoms with Crippen molar-refractivity contribution in [2.75, 3.05) is 19.0 Å². The van der Waals surface area contributed by atoms with Gasteiger partial charge in [-0.3, -0.25) is 0 Å². The second-order valence-electron chi connectivity index (χ2n) is 6.33. The van der Waals surface area contributed by atoms with Gasteiger partial charge in [0.1, 0.15) is 5.75 Å². The van der Waals surface area contributed by atoms with E-state index in [4.69, 9.17) is 4.74 Å². The van der Waals surface area contributed by atoms with Gasteiger partial charge in [0, 0.05) is 54.4 Å². The van der Waals surface area contributed by atoms with Gasteiger partial charge in [0.25, 0.3) is 0 Å². The summed E-state index contributed by atoms with van der Waals surface area (Å²) in [5.74, 6) is 0.774. The van der Waals surface area contributed by atoms with Gasteiger partial charge >= 0.3 is 6.03 Å². The molecule has 2 amide bonds. The molecule has 2 heterocycles. The maximum absolute atomic E-state index is 12.7. The highest BCUT2D eigenvalue weighted by atomic mass is 16.5. The third-order valence-corrected chi connectivity index (χ3v) is 4.94. The van der Waals surface area contributed by atoms with E-state index in [1.165, 1.54) is 22.2 Å². The van der Waals surface area contributed by atoms with Crippen LogP contribution in [0.3, 0.4) is 0 Å². The number of rotatable bonds is 2. The molecule has 5 heteroatoms. The highest BCUT2D eigenvalue weighted by Gasteiger charge is 2.25. The summed E-state index contributed by atoms with van der Waals surface area (Å²) in [7, 11) is 3.73. The highest BCUT2D eigenvalue weighted by molar-refractivity contribution is 5.91. The number of benzene rings is 2. The summed E-state index contributed by atoms with van der Waals surface area (Å²) >= 11 is 0. The Kier molecular flexibility index (Phi) is 3.84. The molecule has 0 unspecified atom stereocenters. The molecule has 0 radical (unpaired) electrons. The fourth-order valence-electron chi connectivity index (χ4n) is 3.58. The molecule has 1 N–H and O–H groups in total. The van der Waals surface area contributed by atoms with Crippen LogP contribution in [0.1, 0.15) is 11.3 Å². The molecule has 0 saturated carbocycles. The number of aryl methyl sites for hydroxylation is 1. The number of hydrogen-bond acceptors (Lipinski definition) is 2. The van der Waals surface area contributed by atoms with Crippen molar-refractivity contribution in [1.29, 1.82) is 0 Å². The predicted molar refractivity (Wildman–Crippen MR) is 99.0 cm³/mol. The minimum atomic E-state index is -0.0660. The Morgan fingerprint density at radius 2 is 1.88 bits per heavy atom. The van der Waals surface area contributed by atoms with Crippen molar-refractivity contribution in [3.8, 4) is 5.75 Å². The van der Waals surface area contributed by atoms with E-state index in [0.717, 1.165) is 24.4 Å². The number of anilines is 1. The van der Waals surface area contributed by atoms with Gasteiger partial charge < -0.3 is 19.5 Å². The molecule has 0 aliphatic carbocycles. The van der Waals surface area contributed by atoms with Crippen LogP contribution in [-0.4, -0.2) is 29.2 Å². The molecule has 25 heavy (non-hydrogen) atoms. The fraction of sp³-hybridized carbons (Fsp3) is 0.250. The number of carbonyl (C=O) groups excluding carboxylic acids is 1. The molecule has 0 fully saturated rings. The average Bonchev–Trinajstić information content (AvgIpc) is 2.95. The second kappa shape index (κ2) is 6.16. The Balaban J connectivity index is 1.55. The van der Waals surface area contributed by atoms with Crippen LogP contribution in [0.15, 0.2) is 48.5 Å². The third-order valence-electron chi connectivity index (χ3n) is 4.94. The molecule has 1 aliphatic rings. The van der Waals surface area contributed by atoms with E-state index in [-0.39, 0.29) is 6.03 Å². The molecule has 1 aliphatic heterocycles. The topological polar surface area (TPSA) is 46.5 Å². The molecule has 0 atom stereocenters. The van der Waals surface area contributed by atoms with Crippen LogP contribution in [0.5, 0.6) is 5.75 Å². The van der Waals surface area contributed by atoms with Crippen molar-refractivity contribution in [1.82, 2.24) is 9.47 Å². The van der Waals surface area contributed by atoms with E-state index in [1.54, 1.807) is 7.11 Å². The summed E-state index contributed by atoms with van der Waals surface area (Å²) in [6, 6.07) is 15.7. The van der Waals surface area contributed by atoms with E-state index in [9.17, 15) is 4.79 Å². The van der Waals surface area contributed by atoms with Gasteiger partial charge in [-0.2, -0.15) is 0 Å². The normalized spacial score (nSPS) is 13.6. The number of urea groups is 1. The van der Waals surface area contributed by atoms with Crippen molar-refractivity contribution >= 4 is 22.6 Å². The summed E-state index contributed by atoms with van der Waals surface area (Å²) in [4.78, 5) is 14.5. The van der Waals surface area contributed by atoms with Crippen molar-refractivity contribution < 1.29 is 9.53 Å². The van der Waals surface area contributed by atoms with Crippen LogP contribution in [0.2, 0.25) is 0 Å². The van der Waals surface area contributed by atoms with Crippen molar-refractivity contribution in [3.05, 3.63) is 59.8 Å². The molecule has 5 nitrogen and oxygen atoms in total. The van der Waals surface area contributed by atoms with E-state index in [2.05, 4.69) is 41.2 Å². The van der Waals surface area contributed by atoms with E-state index < -0.39 is 0 Å². The van der Waals surface area contributed by atoms with Crippen molar-refractivity contribution in [2.45, 2.75) is 13.0 Å². The summed E-state index contributed by atoms with van der Waals surface area (Å²) in [6.07, 6.45) is 0.872. The Morgan fingerprint density at radius 3 is 2.64 bits per heavy atom. The molecule has 1 aromatic heterocycles. The largest absolute Gasteiger partial charge is 0.497 e. The van der Waals surface area contributed by atoms with Crippen LogP contribution in [0.4, 0.5) is 10.5 Å². The van der Waals surface area contributed by atoms with Crippen LogP contribution in [-0.2, 0) is 20.0 Å². The van der Waals surface area contributed by atoms with E-state index in [1.807, 2.05) is 29.2 Å². The molecule has 3 aromatic rings. The van der Waals surface area contributed by atoms with E-state index in [0.29, 0.717) is 6.54 Å². The molecule has 4 rings (SSSR count). The first-order valence-corrected chi connectivity index (χ1v) is 8.42. The van der Waals surface area contributed by atoms with Gasteiger partial charge in [-0.25, -0.2) is 4.79 Å². The number of hydrogen-bond donors (Lipinski definition) is 1. The van der Waals surface area contributed by atoms with Crippen molar-refractivity contribution in [3.63, 3.8) is 0 Å². The van der Waals surface area contributed by atoms with Crippen molar-refractivity contribution in [2.24, 2.45) is 7.05 Å². The number of methoxy groups -OCH3 is 1. The van der Waals surface area contributed by atoms with Gasteiger partial charge in [-0.15, -0.1) is 0 Å². The van der Waals surface area contributed by atoms with Gasteiger partial charge in [-0.05, 0) is 30.3 Å². The number of nitrogens with zero attached hydrogens (tertiary/aromatic N) is 2. The standard InChI is InChI=1S/C20H21N3O2/c1-22-18-6-4-3-5-16(18)17-13-23(12-11-19(17)22)20(24)21-14-7-9-15(25-2)10-8-14/h3-10H,11-13H2,1-2H3,(H,21,24). The van der Waals surface area contributed by atoms with E-state index >= 15 is 0 Å². The maximum atomic E-state index is 12.7. The molecular weight excluding hydrogens is 314 g/mol. The summed E-state index contributed by atoms with van der Waals surface area (Å²) in [6.45, 7) is 1.36. The zero-order valence-corrected chi connectivity index (χ0v) is 14.5. The molecule has 0 spiro atoms. The number of para-hydroxylation sites is 1. The molecule has 2 aromatic carbocycles. The van der Waals surface area contributed by atoms with Gasteiger partial charge in [-0.1, -0.05) is 18.2 Å². The van der Waals surface area contributed by atoms with Crippen LogP contribution in [0, 0.1) is 0 Å². The summed E-state index contributed by atoms with van der Waals surface area (Å²) in [5, 5.41) is 4.21. The Morgan fingerprint density at radius 1 is 1.12 bits per heavy atom. The number of fused-ring (bicyclic) bond motifs is 3. The maximum Gasteiger partial charge on any atom is 0.322 e. The predicted octanol–water partition coefficient (Wildman–Crippen LogP) is 3.78. The number of aromatic nitrogens is 1. The smallest absolute Gasteiger partial charge is 0.322 e. The molecule has 0 bridgehead atoms. The van der Waals surface area contributed by atoms with Gasteiger partial charge in [0.2, 0.25) is 0 Å². The minimum Gasteiger partial charge on any atom is -0.497 e. The summed E-state index contributed by atoms with van der Waals surface area (Å²) < 4.78 is 7.40. The molecule has 0 saturated heterocycles. The first-order chi connectivity index (χ1) is 12.2. The fourth-order valence-corrected chi connectivity index (χ4v) is 3.58. The summed E-state index contributed by atoms with van der Waals surface area (Å²) in [5.41, 5.74) is 4.59. The molecule has 128 valence electrons. The quantitative estimate of drug-likeness (QED) is 0.775. The van der Waals surface area contributed by atoms with Crippen LogP contribution < -0.4 is 10.1 Å². The number of carbonyl (C=O) groups is 1. The zero-order chi connectivity index (χ0) is 17.4. The lowest BCUT2D eigenvalue weighted by atomic mass is 10.0.